The molecule has 0 saturated carbocycles. The van der Waals surface area contributed by atoms with Gasteiger partial charge in [0.25, 0.3) is 0 Å². The SMILES string of the molecule is CSCCCn1c(C(C)C)nc2cc(N)ccc21. The molecule has 4 heteroatoms. The second-order valence-electron chi connectivity index (χ2n) is 4.87. The van der Waals surface area contributed by atoms with E-state index >= 15 is 0 Å². The molecule has 0 saturated heterocycles. The van der Waals surface area contributed by atoms with E-state index in [0.29, 0.717) is 5.92 Å². The van der Waals surface area contributed by atoms with Gasteiger partial charge in [-0.25, -0.2) is 4.98 Å². The fraction of sp³-hybridized carbons (Fsp3) is 0.500. The third kappa shape index (κ3) is 2.64. The Kier molecular flexibility index (Phi) is 4.17. The van der Waals surface area contributed by atoms with Crippen LogP contribution >= 0.6 is 11.8 Å². The number of hydrogen-bond donors (Lipinski definition) is 1. The largest absolute Gasteiger partial charge is 0.399 e. The highest BCUT2D eigenvalue weighted by atomic mass is 32.2. The monoisotopic (exact) mass is 263 g/mol. The summed E-state index contributed by atoms with van der Waals surface area (Å²) in [7, 11) is 0. The number of hydrogen-bond acceptors (Lipinski definition) is 3. The smallest absolute Gasteiger partial charge is 0.112 e. The van der Waals surface area contributed by atoms with E-state index in [0.717, 1.165) is 23.6 Å². The van der Waals surface area contributed by atoms with E-state index in [4.69, 9.17) is 10.7 Å². The van der Waals surface area contributed by atoms with Gasteiger partial charge in [-0.1, -0.05) is 13.8 Å². The van der Waals surface area contributed by atoms with Crippen molar-refractivity contribution in [3.63, 3.8) is 0 Å². The lowest BCUT2D eigenvalue weighted by Gasteiger charge is -2.11. The number of anilines is 1. The number of thioether (sulfide) groups is 1. The Balaban J connectivity index is 2.42. The zero-order valence-electron chi connectivity index (χ0n) is 11.3. The van der Waals surface area contributed by atoms with Crippen molar-refractivity contribution in [2.24, 2.45) is 0 Å². The highest BCUT2D eigenvalue weighted by Crippen LogP contribution is 2.24. The van der Waals surface area contributed by atoms with Gasteiger partial charge in [-0.15, -0.1) is 0 Å². The van der Waals surface area contributed by atoms with Crippen LogP contribution in [0.25, 0.3) is 11.0 Å². The van der Waals surface area contributed by atoms with Crippen molar-refractivity contribution in [2.75, 3.05) is 17.7 Å². The van der Waals surface area contributed by atoms with Crippen molar-refractivity contribution < 1.29 is 0 Å². The van der Waals surface area contributed by atoms with Crippen LogP contribution in [0.4, 0.5) is 5.69 Å². The first-order valence-corrected chi connectivity index (χ1v) is 7.77. The zero-order chi connectivity index (χ0) is 13.1. The van der Waals surface area contributed by atoms with Gasteiger partial charge in [0.15, 0.2) is 0 Å². The van der Waals surface area contributed by atoms with Crippen LogP contribution in [0.15, 0.2) is 18.2 Å². The molecule has 98 valence electrons. The van der Waals surface area contributed by atoms with E-state index in [1.807, 2.05) is 23.9 Å². The van der Waals surface area contributed by atoms with Gasteiger partial charge in [-0.05, 0) is 36.6 Å². The molecular weight excluding hydrogens is 242 g/mol. The van der Waals surface area contributed by atoms with Gasteiger partial charge in [0.1, 0.15) is 5.82 Å². The third-order valence-corrected chi connectivity index (χ3v) is 3.75. The summed E-state index contributed by atoms with van der Waals surface area (Å²) in [4.78, 5) is 4.73. The van der Waals surface area contributed by atoms with E-state index in [9.17, 15) is 0 Å². The van der Waals surface area contributed by atoms with Crippen LogP contribution in [-0.4, -0.2) is 21.6 Å². The number of imidazole rings is 1. The molecule has 2 aromatic rings. The second kappa shape index (κ2) is 5.65. The molecule has 18 heavy (non-hydrogen) atoms. The molecule has 0 fully saturated rings. The average Bonchev–Trinajstić information content (AvgIpc) is 2.68. The fourth-order valence-electron chi connectivity index (χ4n) is 2.21. The standard InChI is InChI=1S/C14H21N3S/c1-10(2)14-16-12-9-11(15)5-6-13(12)17(14)7-4-8-18-3/h5-6,9-10H,4,7-8,15H2,1-3H3. The van der Waals surface area contributed by atoms with Crippen LogP contribution in [0.5, 0.6) is 0 Å². The Hall–Kier alpha value is -1.16. The number of aromatic nitrogens is 2. The first kappa shape index (κ1) is 13.3. The van der Waals surface area contributed by atoms with Gasteiger partial charge < -0.3 is 10.3 Å². The van der Waals surface area contributed by atoms with Crippen molar-refractivity contribution in [1.82, 2.24) is 9.55 Å². The number of benzene rings is 1. The van der Waals surface area contributed by atoms with Crippen molar-refractivity contribution in [1.29, 1.82) is 0 Å². The zero-order valence-corrected chi connectivity index (χ0v) is 12.1. The van der Waals surface area contributed by atoms with E-state index in [1.54, 1.807) is 0 Å². The molecule has 0 radical (unpaired) electrons. The normalized spacial score (nSPS) is 11.6. The minimum absolute atomic E-state index is 0.438. The molecule has 0 aliphatic carbocycles. The summed E-state index contributed by atoms with van der Waals surface area (Å²) in [6.45, 7) is 5.42. The Bertz CT molecular complexity index is 531. The number of fused-ring (bicyclic) bond motifs is 1. The molecule has 0 amide bonds. The molecule has 0 spiro atoms. The van der Waals surface area contributed by atoms with Crippen LogP contribution in [0.2, 0.25) is 0 Å². The molecule has 3 nitrogen and oxygen atoms in total. The van der Waals surface area contributed by atoms with E-state index in [-0.39, 0.29) is 0 Å². The van der Waals surface area contributed by atoms with E-state index in [2.05, 4.69) is 30.7 Å². The molecule has 1 aromatic heterocycles. The number of rotatable bonds is 5. The van der Waals surface area contributed by atoms with Crippen LogP contribution in [0, 0.1) is 0 Å². The lowest BCUT2D eigenvalue weighted by atomic mass is 10.2. The molecular formula is C14H21N3S. The predicted octanol–water partition coefficient (Wildman–Crippen LogP) is 3.50. The summed E-state index contributed by atoms with van der Waals surface area (Å²) >= 11 is 1.89. The predicted molar refractivity (Wildman–Crippen MR) is 81.2 cm³/mol. The van der Waals surface area contributed by atoms with Gasteiger partial charge in [-0.2, -0.15) is 11.8 Å². The van der Waals surface area contributed by atoms with Gasteiger partial charge >= 0.3 is 0 Å². The maximum absolute atomic E-state index is 5.83. The lowest BCUT2D eigenvalue weighted by Crippen LogP contribution is -2.06. The summed E-state index contributed by atoms with van der Waals surface area (Å²) in [6, 6.07) is 6.01. The second-order valence-corrected chi connectivity index (χ2v) is 5.86. The summed E-state index contributed by atoms with van der Waals surface area (Å²) in [5.41, 5.74) is 8.83. The number of nitrogens with zero attached hydrogens (tertiary/aromatic N) is 2. The molecule has 2 N–H and O–H groups in total. The summed E-state index contributed by atoms with van der Waals surface area (Å²) < 4.78 is 2.34. The molecule has 0 aliphatic heterocycles. The third-order valence-electron chi connectivity index (χ3n) is 3.05. The number of nitrogen functional groups attached to an aromatic ring is 1. The molecule has 0 aliphatic rings. The van der Waals surface area contributed by atoms with Gasteiger partial charge in [-0.3, -0.25) is 0 Å². The molecule has 2 rings (SSSR count). The molecule has 1 heterocycles. The molecule has 0 bridgehead atoms. The molecule has 0 unspecified atom stereocenters. The number of nitrogens with two attached hydrogens (primary N) is 1. The van der Waals surface area contributed by atoms with Gasteiger partial charge in [0.2, 0.25) is 0 Å². The van der Waals surface area contributed by atoms with Crippen molar-refractivity contribution in [3.05, 3.63) is 24.0 Å². The van der Waals surface area contributed by atoms with Crippen LogP contribution in [-0.2, 0) is 6.54 Å². The Morgan fingerprint density at radius 2 is 2.17 bits per heavy atom. The first-order valence-electron chi connectivity index (χ1n) is 6.38. The highest BCUT2D eigenvalue weighted by Gasteiger charge is 2.13. The topological polar surface area (TPSA) is 43.8 Å². The van der Waals surface area contributed by atoms with Crippen molar-refractivity contribution in [3.8, 4) is 0 Å². The summed E-state index contributed by atoms with van der Waals surface area (Å²) in [6.07, 6.45) is 3.33. The maximum atomic E-state index is 5.83. The fourth-order valence-corrected chi connectivity index (χ4v) is 2.63. The van der Waals surface area contributed by atoms with Gasteiger partial charge in [0.05, 0.1) is 11.0 Å². The Labute approximate surface area is 113 Å². The summed E-state index contributed by atoms with van der Waals surface area (Å²) in [5, 5.41) is 0. The van der Waals surface area contributed by atoms with E-state index in [1.165, 1.54) is 17.7 Å². The quantitative estimate of drug-likeness (QED) is 0.663. The van der Waals surface area contributed by atoms with Gasteiger partial charge in [0, 0.05) is 18.2 Å². The first-order chi connectivity index (χ1) is 8.63. The van der Waals surface area contributed by atoms with E-state index < -0.39 is 0 Å². The van der Waals surface area contributed by atoms with Crippen LogP contribution in [0.1, 0.15) is 32.0 Å². The molecule has 1 aromatic carbocycles. The average molecular weight is 263 g/mol. The van der Waals surface area contributed by atoms with Crippen molar-refractivity contribution in [2.45, 2.75) is 32.7 Å². The maximum Gasteiger partial charge on any atom is 0.112 e. The van der Waals surface area contributed by atoms with Crippen LogP contribution < -0.4 is 5.73 Å². The highest BCUT2D eigenvalue weighted by molar-refractivity contribution is 7.98. The Morgan fingerprint density at radius 1 is 1.39 bits per heavy atom. The minimum Gasteiger partial charge on any atom is -0.399 e. The van der Waals surface area contributed by atoms with Crippen LogP contribution in [0.3, 0.4) is 0 Å². The summed E-state index contributed by atoms with van der Waals surface area (Å²) in [5.74, 6) is 2.79. The lowest BCUT2D eigenvalue weighted by molar-refractivity contribution is 0.627. The molecule has 0 atom stereocenters. The van der Waals surface area contributed by atoms with Crippen molar-refractivity contribution >= 4 is 28.5 Å². The number of aryl methyl sites for hydroxylation is 1. The minimum atomic E-state index is 0.438. The Morgan fingerprint density at radius 3 is 2.83 bits per heavy atom.